The van der Waals surface area contributed by atoms with Crippen molar-refractivity contribution in [3.63, 3.8) is 0 Å². The van der Waals surface area contributed by atoms with Crippen LogP contribution in [0.15, 0.2) is 5.16 Å². The van der Waals surface area contributed by atoms with Gasteiger partial charge in [-0.05, 0) is 6.42 Å². The van der Waals surface area contributed by atoms with Crippen LogP contribution in [0.1, 0.15) is 12.8 Å². The Labute approximate surface area is 70.4 Å². The van der Waals surface area contributed by atoms with E-state index >= 15 is 0 Å². The molecule has 6 heteroatoms. The minimum Gasteiger partial charge on any atom is -0.453 e. The predicted molar refractivity (Wildman–Crippen MR) is 43.1 cm³/mol. The third-order valence-corrected chi connectivity index (χ3v) is 1.19. The number of methoxy groups -OCH3 is 1. The van der Waals surface area contributed by atoms with Crippen LogP contribution >= 0.6 is 0 Å². The van der Waals surface area contributed by atoms with E-state index in [1.54, 1.807) is 0 Å². The van der Waals surface area contributed by atoms with Gasteiger partial charge in [0.05, 0.1) is 7.11 Å². The third kappa shape index (κ3) is 5.33. The minimum absolute atomic E-state index is 0.154. The van der Waals surface area contributed by atoms with E-state index in [2.05, 4.69) is 15.2 Å². The summed E-state index contributed by atoms with van der Waals surface area (Å²) in [5.41, 5.74) is 5.18. The first kappa shape index (κ1) is 10.5. The van der Waals surface area contributed by atoms with Gasteiger partial charge in [-0.15, -0.1) is 0 Å². The fourth-order valence-corrected chi connectivity index (χ4v) is 0.582. The number of rotatable bonds is 4. The van der Waals surface area contributed by atoms with E-state index in [0.717, 1.165) is 0 Å². The number of carbonyl (C=O) groups excluding carboxylic acids is 1. The molecule has 0 aliphatic heterocycles. The van der Waals surface area contributed by atoms with Crippen LogP contribution in [0.25, 0.3) is 0 Å². The molecule has 4 N–H and O–H groups in total. The molecule has 0 aliphatic carbocycles. The van der Waals surface area contributed by atoms with Crippen LogP contribution < -0.4 is 11.1 Å². The molecular weight excluding hydrogens is 162 g/mol. The van der Waals surface area contributed by atoms with Gasteiger partial charge in [0.25, 0.3) is 0 Å². The van der Waals surface area contributed by atoms with Crippen molar-refractivity contribution >= 4 is 11.9 Å². The standard InChI is InChI=1S/C6H13N3O3/c1-12-6(10)8-4-2-3-5(7)9-11/h11H,2-4H2,1H3,(H2,7,9)(H,8,10). The van der Waals surface area contributed by atoms with Gasteiger partial charge in [-0.25, -0.2) is 4.79 Å². The van der Waals surface area contributed by atoms with Gasteiger partial charge in [0.1, 0.15) is 5.84 Å². The molecule has 0 bridgehead atoms. The maximum atomic E-state index is 10.5. The van der Waals surface area contributed by atoms with E-state index in [0.29, 0.717) is 19.4 Å². The molecule has 0 saturated heterocycles. The summed E-state index contributed by atoms with van der Waals surface area (Å²) in [6.45, 7) is 0.447. The van der Waals surface area contributed by atoms with Crippen LogP contribution in [0.2, 0.25) is 0 Å². The van der Waals surface area contributed by atoms with Crippen LogP contribution in [-0.2, 0) is 4.74 Å². The van der Waals surface area contributed by atoms with Crippen molar-refractivity contribution in [2.24, 2.45) is 10.9 Å². The lowest BCUT2D eigenvalue weighted by atomic mass is 10.3. The van der Waals surface area contributed by atoms with Gasteiger partial charge in [-0.2, -0.15) is 0 Å². The van der Waals surface area contributed by atoms with Crippen molar-refractivity contribution in [2.75, 3.05) is 13.7 Å². The minimum atomic E-state index is -0.477. The number of ether oxygens (including phenoxy) is 1. The molecule has 0 atom stereocenters. The predicted octanol–water partition coefficient (Wildman–Crippen LogP) is -0.131. The maximum Gasteiger partial charge on any atom is 0.406 e. The average molecular weight is 175 g/mol. The monoisotopic (exact) mass is 175 g/mol. The maximum absolute atomic E-state index is 10.5. The molecule has 0 radical (unpaired) electrons. The summed E-state index contributed by atoms with van der Waals surface area (Å²) in [6.07, 6.45) is 0.584. The first-order valence-corrected chi connectivity index (χ1v) is 3.49. The quantitative estimate of drug-likeness (QED) is 0.182. The fraction of sp³-hybridized carbons (Fsp3) is 0.667. The van der Waals surface area contributed by atoms with Gasteiger partial charge in [-0.3, -0.25) is 0 Å². The van der Waals surface area contributed by atoms with E-state index in [4.69, 9.17) is 10.9 Å². The molecule has 0 aromatic heterocycles. The fourth-order valence-electron chi connectivity index (χ4n) is 0.582. The summed E-state index contributed by atoms with van der Waals surface area (Å²) >= 11 is 0. The van der Waals surface area contributed by atoms with Crippen molar-refractivity contribution in [2.45, 2.75) is 12.8 Å². The SMILES string of the molecule is COC(=O)NCCCC(N)=NO. The molecule has 0 saturated carbocycles. The second-order valence-electron chi connectivity index (χ2n) is 2.11. The van der Waals surface area contributed by atoms with Gasteiger partial charge in [0, 0.05) is 13.0 Å². The number of amides is 1. The Balaban J connectivity index is 3.27. The Morgan fingerprint density at radius 2 is 2.42 bits per heavy atom. The van der Waals surface area contributed by atoms with Crippen molar-refractivity contribution in [1.29, 1.82) is 0 Å². The number of nitrogens with two attached hydrogens (primary N) is 1. The van der Waals surface area contributed by atoms with E-state index in [1.807, 2.05) is 0 Å². The van der Waals surface area contributed by atoms with Crippen LogP contribution in [0.4, 0.5) is 4.79 Å². The molecule has 0 rings (SSSR count). The lowest BCUT2D eigenvalue weighted by Crippen LogP contribution is -2.25. The van der Waals surface area contributed by atoms with Crippen molar-refractivity contribution in [3.8, 4) is 0 Å². The lowest BCUT2D eigenvalue weighted by Gasteiger charge is -2.01. The molecule has 0 aromatic rings. The number of nitrogens with one attached hydrogen (secondary N) is 1. The van der Waals surface area contributed by atoms with Gasteiger partial charge >= 0.3 is 6.09 Å². The second kappa shape index (κ2) is 6.26. The molecular formula is C6H13N3O3. The summed E-state index contributed by atoms with van der Waals surface area (Å²) < 4.78 is 4.32. The Morgan fingerprint density at radius 1 is 1.75 bits per heavy atom. The molecule has 0 heterocycles. The Bertz CT molecular complexity index is 169. The molecule has 0 aliphatic rings. The van der Waals surface area contributed by atoms with Crippen LogP contribution in [-0.4, -0.2) is 30.8 Å². The van der Waals surface area contributed by atoms with Crippen molar-refractivity contribution in [1.82, 2.24) is 5.32 Å². The number of nitrogens with zero attached hydrogens (tertiary/aromatic N) is 1. The number of oxime groups is 1. The van der Waals surface area contributed by atoms with Crippen LogP contribution in [0.3, 0.4) is 0 Å². The highest BCUT2D eigenvalue weighted by Gasteiger charge is 1.97. The normalized spacial score (nSPS) is 10.9. The van der Waals surface area contributed by atoms with E-state index in [1.165, 1.54) is 7.11 Å². The summed E-state index contributed by atoms with van der Waals surface area (Å²) in [5, 5.41) is 13.4. The number of hydrogen-bond donors (Lipinski definition) is 3. The lowest BCUT2D eigenvalue weighted by molar-refractivity contribution is 0.171. The van der Waals surface area contributed by atoms with Crippen LogP contribution in [0, 0.1) is 0 Å². The molecule has 0 unspecified atom stereocenters. The number of hydrogen-bond acceptors (Lipinski definition) is 4. The highest BCUT2D eigenvalue weighted by Crippen LogP contribution is 1.86. The number of carbonyl (C=O) groups is 1. The van der Waals surface area contributed by atoms with E-state index in [9.17, 15) is 4.79 Å². The summed E-state index contributed by atoms with van der Waals surface area (Å²) in [5.74, 6) is 0.154. The first-order chi connectivity index (χ1) is 5.70. The molecule has 12 heavy (non-hydrogen) atoms. The topological polar surface area (TPSA) is 96.9 Å². The zero-order chi connectivity index (χ0) is 9.40. The number of alkyl carbamates (subject to hydrolysis) is 1. The Hall–Kier alpha value is -1.46. The summed E-state index contributed by atoms with van der Waals surface area (Å²) in [7, 11) is 1.29. The molecule has 70 valence electrons. The summed E-state index contributed by atoms with van der Waals surface area (Å²) in [6, 6.07) is 0. The molecule has 6 nitrogen and oxygen atoms in total. The third-order valence-electron chi connectivity index (χ3n) is 1.19. The summed E-state index contributed by atoms with van der Waals surface area (Å²) in [4.78, 5) is 10.5. The Kier molecular flexibility index (Phi) is 5.50. The number of amidine groups is 1. The van der Waals surface area contributed by atoms with E-state index < -0.39 is 6.09 Å². The average Bonchev–Trinajstić information content (AvgIpc) is 2.11. The van der Waals surface area contributed by atoms with Gasteiger partial charge in [0.15, 0.2) is 0 Å². The molecule has 0 aromatic carbocycles. The smallest absolute Gasteiger partial charge is 0.406 e. The largest absolute Gasteiger partial charge is 0.453 e. The molecule has 0 spiro atoms. The highest BCUT2D eigenvalue weighted by molar-refractivity contribution is 5.79. The zero-order valence-corrected chi connectivity index (χ0v) is 6.91. The Morgan fingerprint density at radius 3 is 2.92 bits per heavy atom. The van der Waals surface area contributed by atoms with E-state index in [-0.39, 0.29) is 5.84 Å². The van der Waals surface area contributed by atoms with Crippen molar-refractivity contribution in [3.05, 3.63) is 0 Å². The van der Waals surface area contributed by atoms with Gasteiger partial charge in [-0.1, -0.05) is 5.16 Å². The van der Waals surface area contributed by atoms with Crippen LogP contribution in [0.5, 0.6) is 0 Å². The highest BCUT2D eigenvalue weighted by atomic mass is 16.5. The molecule has 0 fully saturated rings. The second-order valence-corrected chi connectivity index (χ2v) is 2.11. The van der Waals surface area contributed by atoms with Gasteiger partial charge in [0.2, 0.25) is 0 Å². The van der Waals surface area contributed by atoms with Gasteiger partial charge < -0.3 is 21.0 Å². The zero-order valence-electron chi connectivity index (χ0n) is 6.91. The first-order valence-electron chi connectivity index (χ1n) is 3.49. The van der Waals surface area contributed by atoms with Crippen molar-refractivity contribution < 1.29 is 14.7 Å². The molecule has 1 amide bonds.